The van der Waals surface area contributed by atoms with Gasteiger partial charge in [0.05, 0.1) is 12.5 Å². The van der Waals surface area contributed by atoms with E-state index in [1.54, 1.807) is 12.5 Å². The molecule has 2 aromatic rings. The van der Waals surface area contributed by atoms with Gasteiger partial charge in [-0.1, -0.05) is 30.3 Å². The quantitative estimate of drug-likeness (QED) is 0.819. The van der Waals surface area contributed by atoms with Gasteiger partial charge in [0.1, 0.15) is 5.60 Å². The number of furan rings is 1. The summed E-state index contributed by atoms with van der Waals surface area (Å²) in [6.45, 7) is 0.183. The third-order valence-electron chi connectivity index (χ3n) is 2.73. The summed E-state index contributed by atoms with van der Waals surface area (Å²) in [6, 6.07) is 11.3. The second-order valence-electron chi connectivity index (χ2n) is 3.91. The van der Waals surface area contributed by atoms with Crippen molar-refractivity contribution in [3.05, 3.63) is 60.1 Å². The Labute approximate surface area is 94.5 Å². The Hall–Kier alpha value is -1.58. The second-order valence-corrected chi connectivity index (χ2v) is 3.91. The smallest absolute Gasteiger partial charge is 0.106 e. The first-order valence-electron chi connectivity index (χ1n) is 5.24. The molecule has 16 heavy (non-hydrogen) atoms. The van der Waals surface area contributed by atoms with E-state index in [1.165, 1.54) is 0 Å². The molecular weight excluding hydrogens is 202 g/mol. The number of benzene rings is 1. The predicted octanol–water partition coefficient (Wildman–Crippen LogP) is 1.67. The molecule has 84 valence electrons. The Kier molecular flexibility index (Phi) is 3.08. The first-order chi connectivity index (χ1) is 7.74. The van der Waals surface area contributed by atoms with Crippen LogP contribution in [0.25, 0.3) is 0 Å². The first kappa shape index (κ1) is 10.9. The van der Waals surface area contributed by atoms with Gasteiger partial charge < -0.3 is 15.3 Å². The predicted molar refractivity (Wildman–Crippen MR) is 61.8 cm³/mol. The van der Waals surface area contributed by atoms with Crippen LogP contribution >= 0.6 is 0 Å². The lowest BCUT2D eigenvalue weighted by Crippen LogP contribution is -2.37. The largest absolute Gasteiger partial charge is 0.472 e. The Balaban J connectivity index is 2.26. The molecule has 2 rings (SSSR count). The van der Waals surface area contributed by atoms with Crippen LogP contribution in [0, 0.1) is 0 Å². The molecule has 3 nitrogen and oxygen atoms in total. The van der Waals surface area contributed by atoms with Crippen molar-refractivity contribution < 1.29 is 9.52 Å². The van der Waals surface area contributed by atoms with Gasteiger partial charge >= 0.3 is 0 Å². The highest BCUT2D eigenvalue weighted by molar-refractivity contribution is 5.25. The minimum Gasteiger partial charge on any atom is -0.472 e. The van der Waals surface area contributed by atoms with Crippen molar-refractivity contribution in [1.82, 2.24) is 0 Å². The Morgan fingerprint density at radius 2 is 1.94 bits per heavy atom. The van der Waals surface area contributed by atoms with Crippen molar-refractivity contribution in [3.63, 3.8) is 0 Å². The third-order valence-corrected chi connectivity index (χ3v) is 2.73. The molecule has 0 aliphatic heterocycles. The first-order valence-corrected chi connectivity index (χ1v) is 5.24. The van der Waals surface area contributed by atoms with Crippen molar-refractivity contribution in [2.45, 2.75) is 12.0 Å². The maximum atomic E-state index is 10.5. The summed E-state index contributed by atoms with van der Waals surface area (Å²) in [5.41, 5.74) is 6.43. The van der Waals surface area contributed by atoms with E-state index >= 15 is 0 Å². The van der Waals surface area contributed by atoms with Gasteiger partial charge in [-0.15, -0.1) is 0 Å². The third kappa shape index (κ3) is 2.15. The molecule has 0 spiro atoms. The number of nitrogens with two attached hydrogens (primary N) is 1. The van der Waals surface area contributed by atoms with Crippen molar-refractivity contribution in [3.8, 4) is 0 Å². The summed E-state index contributed by atoms with van der Waals surface area (Å²) in [5.74, 6) is 0. The topological polar surface area (TPSA) is 59.4 Å². The molecule has 1 atom stereocenters. The van der Waals surface area contributed by atoms with Crippen LogP contribution in [0.3, 0.4) is 0 Å². The molecule has 3 N–H and O–H groups in total. The van der Waals surface area contributed by atoms with E-state index in [2.05, 4.69) is 0 Å². The van der Waals surface area contributed by atoms with E-state index in [9.17, 15) is 5.11 Å². The van der Waals surface area contributed by atoms with Gasteiger partial charge in [0.2, 0.25) is 0 Å². The maximum Gasteiger partial charge on any atom is 0.106 e. The molecule has 1 heterocycles. The number of hydrogen-bond acceptors (Lipinski definition) is 3. The highest BCUT2D eigenvalue weighted by Crippen LogP contribution is 2.24. The van der Waals surface area contributed by atoms with Gasteiger partial charge in [-0.3, -0.25) is 0 Å². The molecule has 0 radical (unpaired) electrons. The van der Waals surface area contributed by atoms with Crippen LogP contribution in [-0.4, -0.2) is 11.7 Å². The lowest BCUT2D eigenvalue weighted by molar-refractivity contribution is 0.0461. The average molecular weight is 217 g/mol. The van der Waals surface area contributed by atoms with Crippen LogP contribution in [0.2, 0.25) is 0 Å². The molecule has 1 aromatic heterocycles. The van der Waals surface area contributed by atoms with E-state index in [4.69, 9.17) is 10.2 Å². The van der Waals surface area contributed by atoms with Gasteiger partial charge in [-0.05, 0) is 17.2 Å². The molecule has 1 unspecified atom stereocenters. The zero-order valence-corrected chi connectivity index (χ0v) is 8.97. The van der Waals surface area contributed by atoms with E-state index in [1.807, 2.05) is 36.4 Å². The van der Waals surface area contributed by atoms with E-state index in [0.717, 1.165) is 11.1 Å². The fourth-order valence-electron chi connectivity index (χ4n) is 1.77. The number of hydrogen-bond donors (Lipinski definition) is 2. The van der Waals surface area contributed by atoms with Gasteiger partial charge in [-0.2, -0.15) is 0 Å². The summed E-state index contributed by atoms with van der Waals surface area (Å²) in [5, 5.41) is 10.5. The van der Waals surface area contributed by atoms with Crippen LogP contribution in [0.4, 0.5) is 0 Å². The molecule has 3 heteroatoms. The van der Waals surface area contributed by atoms with Gasteiger partial charge in [-0.25, -0.2) is 0 Å². The van der Waals surface area contributed by atoms with Crippen LogP contribution in [0.15, 0.2) is 53.3 Å². The second kappa shape index (κ2) is 4.51. The van der Waals surface area contributed by atoms with E-state index < -0.39 is 5.60 Å². The summed E-state index contributed by atoms with van der Waals surface area (Å²) >= 11 is 0. The number of aliphatic hydroxyl groups is 1. The van der Waals surface area contributed by atoms with E-state index in [-0.39, 0.29) is 6.54 Å². The molecule has 0 aliphatic rings. The minimum absolute atomic E-state index is 0.183. The zero-order valence-electron chi connectivity index (χ0n) is 8.97. The van der Waals surface area contributed by atoms with Crippen molar-refractivity contribution in [1.29, 1.82) is 0 Å². The minimum atomic E-state index is -1.02. The molecule has 0 fully saturated rings. The fourth-order valence-corrected chi connectivity index (χ4v) is 1.77. The van der Waals surface area contributed by atoms with Gasteiger partial charge in [0.25, 0.3) is 0 Å². The highest BCUT2D eigenvalue weighted by Gasteiger charge is 2.28. The lowest BCUT2D eigenvalue weighted by Gasteiger charge is -2.26. The standard InChI is InChI=1S/C13H15NO2/c14-10-13(15,8-11-6-7-16-9-11)12-4-2-1-3-5-12/h1-7,9,15H,8,10,14H2. The summed E-state index contributed by atoms with van der Waals surface area (Å²) in [4.78, 5) is 0. The summed E-state index contributed by atoms with van der Waals surface area (Å²) in [6.07, 6.45) is 3.69. The molecule has 0 saturated carbocycles. The van der Waals surface area contributed by atoms with Crippen LogP contribution in [0.5, 0.6) is 0 Å². The van der Waals surface area contributed by atoms with Crippen LogP contribution in [0.1, 0.15) is 11.1 Å². The van der Waals surface area contributed by atoms with Crippen molar-refractivity contribution >= 4 is 0 Å². The molecular formula is C13H15NO2. The Morgan fingerprint density at radius 3 is 2.50 bits per heavy atom. The van der Waals surface area contributed by atoms with Crippen molar-refractivity contribution in [2.24, 2.45) is 5.73 Å². The monoisotopic (exact) mass is 217 g/mol. The van der Waals surface area contributed by atoms with Crippen molar-refractivity contribution in [2.75, 3.05) is 6.54 Å². The Bertz CT molecular complexity index is 424. The summed E-state index contributed by atoms with van der Waals surface area (Å²) < 4.78 is 4.99. The van der Waals surface area contributed by atoms with Crippen LogP contribution < -0.4 is 5.73 Å². The lowest BCUT2D eigenvalue weighted by atomic mass is 9.88. The average Bonchev–Trinajstić information content (AvgIpc) is 2.83. The normalized spacial score (nSPS) is 14.6. The SMILES string of the molecule is NCC(O)(Cc1ccoc1)c1ccccc1. The van der Waals surface area contributed by atoms with Crippen LogP contribution in [-0.2, 0) is 12.0 Å². The highest BCUT2D eigenvalue weighted by atomic mass is 16.3. The van der Waals surface area contributed by atoms with E-state index in [0.29, 0.717) is 6.42 Å². The molecule has 0 aliphatic carbocycles. The molecule has 0 saturated heterocycles. The Morgan fingerprint density at radius 1 is 1.19 bits per heavy atom. The summed E-state index contributed by atoms with van der Waals surface area (Å²) in [7, 11) is 0. The van der Waals surface area contributed by atoms with Gasteiger partial charge in [0, 0.05) is 13.0 Å². The molecule has 0 amide bonds. The maximum absolute atomic E-state index is 10.5. The zero-order chi connectivity index (χ0) is 11.4. The molecule has 0 bridgehead atoms. The molecule has 1 aromatic carbocycles. The number of rotatable bonds is 4. The van der Waals surface area contributed by atoms with Gasteiger partial charge in [0.15, 0.2) is 0 Å². The fraction of sp³-hybridized carbons (Fsp3) is 0.231.